The Hall–Kier alpha value is -2.37. The largest absolute Gasteiger partial charge is 0.479 e. The number of rotatable bonds is 5. The number of hydrogen-bond donors (Lipinski definition) is 2. The lowest BCUT2D eigenvalue weighted by molar-refractivity contribution is 0.397. The highest BCUT2D eigenvalue weighted by molar-refractivity contribution is 5.66. The molecular weight excluding hydrogens is 242 g/mol. The Balaban J connectivity index is 2.19. The fraction of sp³-hybridized carbons (Fsp3) is 0.308. The quantitative estimate of drug-likeness (QED) is 0.849. The van der Waals surface area contributed by atoms with Gasteiger partial charge in [0, 0.05) is 25.4 Å². The Morgan fingerprint density at radius 3 is 2.63 bits per heavy atom. The minimum Gasteiger partial charge on any atom is -0.479 e. The first-order valence-electron chi connectivity index (χ1n) is 6.07. The van der Waals surface area contributed by atoms with E-state index < -0.39 is 0 Å². The van der Waals surface area contributed by atoms with Gasteiger partial charge in [0.25, 0.3) is 0 Å². The molecule has 0 spiro atoms. The van der Waals surface area contributed by atoms with Crippen LogP contribution in [-0.2, 0) is 13.0 Å². The lowest BCUT2D eigenvalue weighted by Gasteiger charge is -2.12. The van der Waals surface area contributed by atoms with Crippen LogP contribution in [0.2, 0.25) is 0 Å². The van der Waals surface area contributed by atoms with Crippen molar-refractivity contribution < 1.29 is 4.74 Å². The summed E-state index contributed by atoms with van der Waals surface area (Å²) in [6.07, 6.45) is 4.22. The van der Waals surface area contributed by atoms with Crippen LogP contribution >= 0.6 is 0 Å². The maximum atomic E-state index is 5.96. The highest BCUT2D eigenvalue weighted by atomic mass is 16.5. The van der Waals surface area contributed by atoms with Gasteiger partial charge in [-0.3, -0.25) is 4.98 Å². The van der Waals surface area contributed by atoms with Gasteiger partial charge in [-0.25, -0.2) is 4.98 Å². The van der Waals surface area contributed by atoms with E-state index in [1.807, 2.05) is 19.1 Å². The number of nitrogens with one attached hydrogen (secondary N) is 1. The fourth-order valence-electron chi connectivity index (χ4n) is 1.63. The average molecular weight is 259 g/mol. The summed E-state index contributed by atoms with van der Waals surface area (Å²) in [5.74, 6) is 1.70. The second kappa shape index (κ2) is 5.99. The lowest BCUT2D eigenvalue weighted by Crippen LogP contribution is -2.09. The van der Waals surface area contributed by atoms with E-state index in [1.54, 1.807) is 19.5 Å². The van der Waals surface area contributed by atoms with Crippen LogP contribution in [0.15, 0.2) is 24.5 Å². The van der Waals surface area contributed by atoms with Crippen molar-refractivity contribution in [2.75, 3.05) is 18.2 Å². The molecule has 6 nitrogen and oxygen atoms in total. The highest BCUT2D eigenvalue weighted by Crippen LogP contribution is 2.26. The molecule has 0 amide bonds. The number of pyridine rings is 1. The maximum Gasteiger partial charge on any atom is 0.242 e. The number of nitrogens with two attached hydrogens (primary N) is 1. The molecule has 0 aliphatic carbocycles. The van der Waals surface area contributed by atoms with E-state index in [9.17, 15) is 0 Å². The number of methoxy groups -OCH3 is 1. The van der Waals surface area contributed by atoms with Gasteiger partial charge in [0.1, 0.15) is 11.5 Å². The number of aromatic nitrogens is 3. The van der Waals surface area contributed by atoms with Crippen LogP contribution < -0.4 is 15.8 Å². The molecular formula is C13H17N5O. The zero-order chi connectivity index (χ0) is 13.7. The van der Waals surface area contributed by atoms with E-state index in [4.69, 9.17) is 10.5 Å². The molecule has 2 rings (SSSR count). The van der Waals surface area contributed by atoms with Gasteiger partial charge in [0.05, 0.1) is 7.11 Å². The Morgan fingerprint density at radius 1 is 1.26 bits per heavy atom. The maximum absolute atomic E-state index is 5.96. The van der Waals surface area contributed by atoms with Gasteiger partial charge in [-0.2, -0.15) is 4.98 Å². The molecule has 6 heteroatoms. The van der Waals surface area contributed by atoms with Crippen molar-refractivity contribution in [1.29, 1.82) is 0 Å². The van der Waals surface area contributed by atoms with Crippen molar-refractivity contribution in [3.63, 3.8) is 0 Å². The standard InChI is InChI=1S/C13H17N5O/c1-3-10-17-12(11(14)13(18-10)19-2)16-8-9-4-6-15-7-5-9/h4-7H,3,8,14H2,1-2H3,(H,16,17,18). The summed E-state index contributed by atoms with van der Waals surface area (Å²) < 4.78 is 5.15. The molecule has 0 atom stereocenters. The minimum atomic E-state index is 0.407. The molecule has 0 bridgehead atoms. The van der Waals surface area contributed by atoms with E-state index in [-0.39, 0.29) is 0 Å². The Labute approximate surface area is 112 Å². The lowest BCUT2D eigenvalue weighted by atomic mass is 10.2. The topological polar surface area (TPSA) is 86.0 Å². The van der Waals surface area contributed by atoms with Crippen LogP contribution in [-0.4, -0.2) is 22.1 Å². The number of aryl methyl sites for hydroxylation is 1. The van der Waals surface area contributed by atoms with Gasteiger partial charge >= 0.3 is 0 Å². The first-order valence-corrected chi connectivity index (χ1v) is 6.07. The number of nitrogen functional groups attached to an aromatic ring is 1. The summed E-state index contributed by atoms with van der Waals surface area (Å²) in [6, 6.07) is 3.87. The third-order valence-corrected chi connectivity index (χ3v) is 2.68. The fourth-order valence-corrected chi connectivity index (χ4v) is 1.63. The first-order chi connectivity index (χ1) is 9.24. The molecule has 2 heterocycles. The van der Waals surface area contributed by atoms with Gasteiger partial charge in [0.15, 0.2) is 5.82 Å². The molecule has 2 aromatic heterocycles. The zero-order valence-corrected chi connectivity index (χ0v) is 11.1. The smallest absolute Gasteiger partial charge is 0.242 e. The van der Waals surface area contributed by atoms with Crippen LogP contribution in [0.4, 0.5) is 11.5 Å². The van der Waals surface area contributed by atoms with E-state index in [0.717, 1.165) is 12.0 Å². The van der Waals surface area contributed by atoms with Gasteiger partial charge in [0.2, 0.25) is 5.88 Å². The molecule has 19 heavy (non-hydrogen) atoms. The summed E-state index contributed by atoms with van der Waals surface area (Å²) in [4.78, 5) is 12.6. The molecule has 0 fully saturated rings. The van der Waals surface area contributed by atoms with Gasteiger partial charge in [-0.05, 0) is 17.7 Å². The Morgan fingerprint density at radius 2 is 2.00 bits per heavy atom. The minimum absolute atomic E-state index is 0.407. The Bertz CT molecular complexity index is 544. The molecule has 0 aliphatic rings. The second-order valence-electron chi connectivity index (χ2n) is 3.97. The molecule has 100 valence electrons. The third-order valence-electron chi connectivity index (χ3n) is 2.68. The van der Waals surface area contributed by atoms with Gasteiger partial charge < -0.3 is 15.8 Å². The van der Waals surface area contributed by atoms with Crippen LogP contribution in [0.3, 0.4) is 0 Å². The molecule has 0 saturated heterocycles. The molecule has 0 aromatic carbocycles. The summed E-state index contributed by atoms with van der Waals surface area (Å²) in [5, 5.41) is 3.19. The zero-order valence-electron chi connectivity index (χ0n) is 11.1. The third kappa shape index (κ3) is 3.09. The average Bonchev–Trinajstić information content (AvgIpc) is 2.47. The Kier molecular flexibility index (Phi) is 4.12. The molecule has 2 aromatic rings. The van der Waals surface area contributed by atoms with Gasteiger partial charge in [-0.15, -0.1) is 0 Å². The first kappa shape index (κ1) is 13.1. The summed E-state index contributed by atoms with van der Waals surface area (Å²) >= 11 is 0. The summed E-state index contributed by atoms with van der Waals surface area (Å²) in [7, 11) is 1.55. The number of nitrogens with zero attached hydrogens (tertiary/aromatic N) is 3. The predicted molar refractivity (Wildman–Crippen MR) is 73.9 cm³/mol. The highest BCUT2D eigenvalue weighted by Gasteiger charge is 2.11. The van der Waals surface area contributed by atoms with Crippen molar-refractivity contribution in [3.8, 4) is 5.88 Å². The predicted octanol–water partition coefficient (Wildman–Crippen LogP) is 1.64. The van der Waals surface area contributed by atoms with Crippen LogP contribution in [0, 0.1) is 0 Å². The van der Waals surface area contributed by atoms with E-state index in [2.05, 4.69) is 20.3 Å². The van der Waals surface area contributed by atoms with Crippen LogP contribution in [0.25, 0.3) is 0 Å². The number of hydrogen-bond acceptors (Lipinski definition) is 6. The number of anilines is 2. The van der Waals surface area contributed by atoms with Crippen LogP contribution in [0.5, 0.6) is 5.88 Å². The van der Waals surface area contributed by atoms with E-state index >= 15 is 0 Å². The summed E-state index contributed by atoms with van der Waals surface area (Å²) in [6.45, 7) is 2.60. The van der Waals surface area contributed by atoms with Crippen LogP contribution in [0.1, 0.15) is 18.3 Å². The second-order valence-corrected chi connectivity index (χ2v) is 3.97. The SMILES string of the molecule is CCc1nc(NCc2ccncc2)c(N)c(OC)n1. The van der Waals surface area contributed by atoms with Gasteiger partial charge in [-0.1, -0.05) is 6.92 Å². The monoisotopic (exact) mass is 259 g/mol. The van der Waals surface area contributed by atoms with Crippen molar-refractivity contribution >= 4 is 11.5 Å². The molecule has 0 saturated carbocycles. The van der Waals surface area contributed by atoms with E-state index in [1.165, 1.54) is 0 Å². The molecule has 0 aliphatic heterocycles. The normalized spacial score (nSPS) is 10.2. The van der Waals surface area contributed by atoms with Crippen molar-refractivity contribution in [2.24, 2.45) is 0 Å². The summed E-state index contributed by atoms with van der Waals surface area (Å²) in [5.41, 5.74) is 7.48. The van der Waals surface area contributed by atoms with Crippen molar-refractivity contribution in [3.05, 3.63) is 35.9 Å². The molecule has 3 N–H and O–H groups in total. The number of ether oxygens (including phenoxy) is 1. The van der Waals surface area contributed by atoms with E-state index in [0.29, 0.717) is 29.8 Å². The molecule has 0 radical (unpaired) electrons. The van der Waals surface area contributed by atoms with Crippen molar-refractivity contribution in [2.45, 2.75) is 19.9 Å². The van der Waals surface area contributed by atoms with Crippen molar-refractivity contribution in [1.82, 2.24) is 15.0 Å². The molecule has 0 unspecified atom stereocenters.